The topological polar surface area (TPSA) is 117 Å². The molecule has 4 N–H and O–H groups in total. The van der Waals surface area contributed by atoms with Crippen LogP contribution in [0.15, 0.2) is 97.3 Å². The molecule has 1 atom stereocenters. The van der Waals surface area contributed by atoms with E-state index in [1.165, 1.54) is 18.3 Å². The average molecular weight is 452 g/mol. The highest BCUT2D eigenvalue weighted by Crippen LogP contribution is 2.31. The predicted octanol–water partition coefficient (Wildman–Crippen LogP) is 5.47. The zero-order chi connectivity index (χ0) is 23.9. The van der Waals surface area contributed by atoms with E-state index in [2.05, 4.69) is 15.6 Å². The van der Waals surface area contributed by atoms with Crippen LogP contribution in [0.25, 0.3) is 16.5 Å². The largest absolute Gasteiger partial charge is 0.807 e. The van der Waals surface area contributed by atoms with E-state index in [0.29, 0.717) is 11.1 Å². The lowest BCUT2D eigenvalue weighted by molar-refractivity contribution is 0.248. The number of carbonyl (C=O) groups excluding carboxylic acids is 1. The third-order valence-electron chi connectivity index (χ3n) is 5.36. The van der Waals surface area contributed by atoms with E-state index in [1.807, 2.05) is 30.3 Å². The molecule has 1 unspecified atom stereocenters. The summed E-state index contributed by atoms with van der Waals surface area (Å²) in [6.07, 6.45) is 3.14. The van der Waals surface area contributed by atoms with Gasteiger partial charge in [-0.05, 0) is 47.4 Å². The first-order chi connectivity index (χ1) is 16.5. The average Bonchev–Trinajstić information content (AvgIpc) is 2.86. The Bertz CT molecular complexity index is 1290. The normalized spacial score (nSPS) is 11.4. The van der Waals surface area contributed by atoms with Gasteiger partial charge in [-0.1, -0.05) is 60.7 Å². The zero-order valence-corrected chi connectivity index (χ0v) is 18.2. The van der Waals surface area contributed by atoms with Gasteiger partial charge in [0.2, 0.25) is 0 Å². The molecule has 0 bridgehead atoms. The molecule has 0 saturated heterocycles. The number of pyridine rings is 1. The van der Waals surface area contributed by atoms with Gasteiger partial charge >= 0.3 is 6.03 Å². The fourth-order valence-electron chi connectivity index (χ4n) is 3.63. The number of nitrogens with one attached hydrogen (secondary N) is 2. The lowest BCUT2D eigenvalue weighted by Crippen LogP contribution is -2.34. The summed E-state index contributed by atoms with van der Waals surface area (Å²) in [5, 5.41) is 36.7. The third-order valence-corrected chi connectivity index (χ3v) is 5.36. The van der Waals surface area contributed by atoms with E-state index < -0.39 is 12.1 Å². The summed E-state index contributed by atoms with van der Waals surface area (Å²) < 4.78 is 0. The van der Waals surface area contributed by atoms with Gasteiger partial charge in [-0.15, -0.1) is 0 Å². The lowest BCUT2D eigenvalue weighted by atomic mass is 9.97. The van der Waals surface area contributed by atoms with Crippen LogP contribution in [0.2, 0.25) is 0 Å². The molecule has 7 heteroatoms. The molecule has 0 aliphatic carbocycles. The van der Waals surface area contributed by atoms with Gasteiger partial charge in [0, 0.05) is 18.0 Å². The Morgan fingerprint density at radius 1 is 0.882 bits per heavy atom. The number of phenols is 2. The summed E-state index contributed by atoms with van der Waals surface area (Å²) in [5.41, 5.74) is 2.96. The maximum absolute atomic E-state index is 12.9. The van der Waals surface area contributed by atoms with Crippen LogP contribution in [-0.4, -0.2) is 26.9 Å². The summed E-state index contributed by atoms with van der Waals surface area (Å²) in [6, 6.07) is 23.2. The number of hydrogen-bond acceptors (Lipinski definition) is 4. The van der Waals surface area contributed by atoms with Crippen molar-refractivity contribution < 1.29 is 15.0 Å². The lowest BCUT2D eigenvalue weighted by Gasteiger charge is -2.24. The monoisotopic (exact) mass is 451 g/mol. The number of carbonyl (C=O) groups is 1. The molecule has 4 rings (SSSR count). The molecule has 3 aromatic carbocycles. The molecule has 0 radical (unpaired) electrons. The number of benzene rings is 3. The van der Waals surface area contributed by atoms with Gasteiger partial charge < -0.3 is 26.3 Å². The maximum Gasteiger partial charge on any atom is 0.319 e. The Morgan fingerprint density at radius 2 is 1.65 bits per heavy atom. The van der Waals surface area contributed by atoms with Crippen LogP contribution in [-0.2, 0) is 0 Å². The van der Waals surface area contributed by atoms with E-state index in [-0.39, 0.29) is 29.3 Å². The molecule has 1 aromatic heterocycles. The van der Waals surface area contributed by atoms with E-state index in [4.69, 9.17) is 0 Å². The number of aromatic hydroxyl groups is 2. The molecule has 1 heterocycles. The van der Waals surface area contributed by atoms with Crippen molar-refractivity contribution in [1.29, 1.82) is 0 Å². The Hall–Kier alpha value is -4.65. The van der Waals surface area contributed by atoms with Gasteiger partial charge in [0.05, 0.1) is 11.7 Å². The Kier molecular flexibility index (Phi) is 6.84. The van der Waals surface area contributed by atoms with E-state index in [9.17, 15) is 20.4 Å². The van der Waals surface area contributed by atoms with E-state index in [1.54, 1.807) is 48.7 Å². The Labute approximate surface area is 197 Å². The SMILES string of the molecule is [N-]=C(CC(NC(=O)Nc1cc(-c2ccccc2)ccc1O)c1ccccc1O)c1cccnc1. The quantitative estimate of drug-likeness (QED) is 0.220. The first-order valence-corrected chi connectivity index (χ1v) is 10.7. The molecule has 0 aliphatic heterocycles. The predicted molar refractivity (Wildman–Crippen MR) is 133 cm³/mol. The van der Waals surface area contributed by atoms with Crippen molar-refractivity contribution in [2.75, 3.05) is 5.32 Å². The van der Waals surface area contributed by atoms with Crippen molar-refractivity contribution >= 4 is 17.4 Å². The molecular formula is C27H23N4O3-. The van der Waals surface area contributed by atoms with Gasteiger partial charge in [0.25, 0.3) is 0 Å². The first kappa shape index (κ1) is 22.5. The number of para-hydroxylation sites is 1. The second-order valence-corrected chi connectivity index (χ2v) is 7.70. The number of urea groups is 1. The smallest absolute Gasteiger partial charge is 0.319 e. The minimum Gasteiger partial charge on any atom is -0.807 e. The molecule has 34 heavy (non-hydrogen) atoms. The number of hydrogen-bond donors (Lipinski definition) is 4. The summed E-state index contributed by atoms with van der Waals surface area (Å²) in [5.74, 6) is -0.0978. The molecule has 7 nitrogen and oxygen atoms in total. The van der Waals surface area contributed by atoms with Crippen molar-refractivity contribution in [3.8, 4) is 22.6 Å². The number of aromatic nitrogens is 1. The van der Waals surface area contributed by atoms with Crippen LogP contribution >= 0.6 is 0 Å². The molecular weight excluding hydrogens is 428 g/mol. The molecule has 0 aliphatic rings. The van der Waals surface area contributed by atoms with Gasteiger partial charge in [-0.3, -0.25) is 4.98 Å². The van der Waals surface area contributed by atoms with Crippen LogP contribution in [0.3, 0.4) is 0 Å². The van der Waals surface area contributed by atoms with Gasteiger partial charge in [0.15, 0.2) is 0 Å². The van der Waals surface area contributed by atoms with Crippen molar-refractivity contribution in [1.82, 2.24) is 10.3 Å². The van der Waals surface area contributed by atoms with Crippen LogP contribution in [0.1, 0.15) is 23.6 Å². The number of rotatable bonds is 7. The Morgan fingerprint density at radius 3 is 2.38 bits per heavy atom. The van der Waals surface area contributed by atoms with Gasteiger partial charge in [0.1, 0.15) is 11.5 Å². The van der Waals surface area contributed by atoms with Crippen molar-refractivity contribution in [2.24, 2.45) is 0 Å². The fourth-order valence-corrected chi connectivity index (χ4v) is 3.63. The highest BCUT2D eigenvalue weighted by molar-refractivity contribution is 6.03. The van der Waals surface area contributed by atoms with E-state index in [0.717, 1.165) is 11.1 Å². The highest BCUT2D eigenvalue weighted by Gasteiger charge is 2.19. The van der Waals surface area contributed by atoms with Crippen molar-refractivity contribution in [2.45, 2.75) is 12.5 Å². The van der Waals surface area contributed by atoms with Gasteiger partial charge in [-0.25, -0.2) is 4.79 Å². The number of phenolic OH excluding ortho intramolecular Hbond substituents is 2. The second kappa shape index (κ2) is 10.3. The second-order valence-electron chi connectivity index (χ2n) is 7.70. The highest BCUT2D eigenvalue weighted by atomic mass is 16.3. The maximum atomic E-state index is 12.9. The molecule has 0 saturated carbocycles. The van der Waals surface area contributed by atoms with Crippen LogP contribution in [0, 0.1) is 0 Å². The van der Waals surface area contributed by atoms with Gasteiger partial charge in [-0.2, -0.15) is 5.71 Å². The molecule has 0 spiro atoms. The van der Waals surface area contributed by atoms with E-state index >= 15 is 0 Å². The van der Waals surface area contributed by atoms with Crippen molar-refractivity contribution in [3.63, 3.8) is 0 Å². The van der Waals surface area contributed by atoms with Crippen molar-refractivity contribution in [3.05, 3.63) is 114 Å². The summed E-state index contributed by atoms with van der Waals surface area (Å²) in [6.45, 7) is 0. The number of nitrogens with zero attached hydrogens (tertiary/aromatic N) is 2. The third kappa shape index (κ3) is 5.39. The fraction of sp³-hybridized carbons (Fsp3) is 0.0741. The zero-order valence-electron chi connectivity index (χ0n) is 18.2. The van der Waals surface area contributed by atoms with Crippen LogP contribution < -0.4 is 10.6 Å². The number of anilines is 1. The summed E-state index contributed by atoms with van der Waals surface area (Å²) >= 11 is 0. The first-order valence-electron chi connectivity index (χ1n) is 10.7. The minimum atomic E-state index is -0.749. The van der Waals surface area contributed by atoms with Crippen LogP contribution in [0.5, 0.6) is 11.5 Å². The molecule has 4 aromatic rings. The summed E-state index contributed by atoms with van der Waals surface area (Å²) in [4.78, 5) is 16.9. The summed E-state index contributed by atoms with van der Waals surface area (Å²) in [7, 11) is 0. The molecule has 2 amide bonds. The standard InChI is InChI=1S/C27H23N4O3/c28-22(20-9-6-14-29-17-20)16-23(21-10-4-5-11-25(21)32)30-27(34)31-24-15-19(12-13-26(24)33)18-7-2-1-3-8-18/h1-15,17,23,32-33H,16H2,(H2,30,31,34)/q-1. The van der Waals surface area contributed by atoms with Crippen LogP contribution in [0.4, 0.5) is 10.5 Å². The molecule has 0 fully saturated rings. The minimum absolute atomic E-state index is 0.00979. The number of amides is 2. The molecule has 170 valence electrons. The Balaban J connectivity index is 1.55.